The average Bonchev–Trinajstić information content (AvgIpc) is 2.60. The average molecular weight is 328 g/mol. The van der Waals surface area contributed by atoms with Crippen LogP contribution in [-0.2, 0) is 9.53 Å². The van der Waals surface area contributed by atoms with Crippen molar-refractivity contribution in [1.82, 2.24) is 0 Å². The van der Waals surface area contributed by atoms with Crippen LogP contribution in [0.1, 0.15) is 30.7 Å². The molecule has 0 saturated heterocycles. The molecule has 0 radical (unpaired) electrons. The number of hydrogen-bond donors (Lipinski definition) is 1. The van der Waals surface area contributed by atoms with Crippen molar-refractivity contribution in [1.29, 1.82) is 5.26 Å². The molecule has 3 rings (SSSR count). The van der Waals surface area contributed by atoms with E-state index in [1.165, 1.54) is 0 Å². The summed E-state index contributed by atoms with van der Waals surface area (Å²) in [5, 5.41) is 9.60. The fraction of sp³-hybridized carbons (Fsp3) is 0.444. The van der Waals surface area contributed by atoms with Crippen LogP contribution >= 0.6 is 0 Å². The van der Waals surface area contributed by atoms with Crippen molar-refractivity contribution in [3.63, 3.8) is 0 Å². The number of carbonyl (C=O) groups is 1. The van der Waals surface area contributed by atoms with Gasteiger partial charge in [0.05, 0.1) is 20.3 Å². The summed E-state index contributed by atoms with van der Waals surface area (Å²) >= 11 is 0. The molecule has 1 heterocycles. The molecule has 24 heavy (non-hydrogen) atoms. The first kappa shape index (κ1) is 16.3. The second-order valence-electron chi connectivity index (χ2n) is 5.94. The molecule has 0 amide bonds. The van der Waals surface area contributed by atoms with Crippen molar-refractivity contribution in [2.75, 3.05) is 14.2 Å². The molecule has 2 N–H and O–H groups in total. The van der Waals surface area contributed by atoms with Crippen LogP contribution in [0.3, 0.4) is 0 Å². The van der Waals surface area contributed by atoms with Gasteiger partial charge in [0, 0.05) is 24.3 Å². The van der Waals surface area contributed by atoms with E-state index in [2.05, 4.69) is 6.07 Å². The molecule has 2 aliphatic rings. The van der Waals surface area contributed by atoms with Gasteiger partial charge in [0.1, 0.15) is 11.7 Å². The molecule has 1 aliphatic carbocycles. The predicted molar refractivity (Wildman–Crippen MR) is 86.3 cm³/mol. The van der Waals surface area contributed by atoms with Gasteiger partial charge in [-0.25, -0.2) is 0 Å². The summed E-state index contributed by atoms with van der Waals surface area (Å²) < 4.78 is 16.3. The van der Waals surface area contributed by atoms with Crippen LogP contribution < -0.4 is 15.2 Å². The van der Waals surface area contributed by atoms with Crippen LogP contribution in [-0.4, -0.2) is 26.2 Å². The highest BCUT2D eigenvalue weighted by Gasteiger charge is 2.43. The topological polar surface area (TPSA) is 94.6 Å². The van der Waals surface area contributed by atoms with Gasteiger partial charge in [-0.2, -0.15) is 5.26 Å². The minimum atomic E-state index is -0.752. The number of nitrogens with two attached hydrogens (primary N) is 1. The maximum atomic E-state index is 12.5. The Morgan fingerprint density at radius 1 is 1.25 bits per heavy atom. The number of allylic oxidation sites excluding steroid dienone is 2. The highest BCUT2D eigenvalue weighted by Crippen LogP contribution is 2.45. The van der Waals surface area contributed by atoms with Gasteiger partial charge in [-0.15, -0.1) is 0 Å². The van der Waals surface area contributed by atoms with E-state index in [1.807, 2.05) is 6.07 Å². The van der Waals surface area contributed by atoms with E-state index < -0.39 is 18.1 Å². The molecule has 1 aliphatic heterocycles. The number of Topliss-reactive ketones (excluding diaryl/α,β-unsaturated/α-hetero) is 1. The number of ether oxygens (including phenoxy) is 3. The van der Waals surface area contributed by atoms with Crippen LogP contribution in [0.2, 0.25) is 0 Å². The van der Waals surface area contributed by atoms with E-state index in [9.17, 15) is 10.1 Å². The summed E-state index contributed by atoms with van der Waals surface area (Å²) in [7, 11) is 3.11. The molecule has 0 fully saturated rings. The first-order valence-corrected chi connectivity index (χ1v) is 7.90. The highest BCUT2D eigenvalue weighted by molar-refractivity contribution is 5.98. The third-order valence-electron chi connectivity index (χ3n) is 4.63. The first-order chi connectivity index (χ1) is 11.6. The maximum absolute atomic E-state index is 12.5. The van der Waals surface area contributed by atoms with Gasteiger partial charge in [0.2, 0.25) is 0 Å². The van der Waals surface area contributed by atoms with Gasteiger partial charge in [0.25, 0.3) is 0 Å². The summed E-state index contributed by atoms with van der Waals surface area (Å²) in [4.78, 5) is 12.5. The fourth-order valence-electron chi connectivity index (χ4n) is 3.48. The first-order valence-electron chi connectivity index (χ1n) is 7.90. The monoisotopic (exact) mass is 328 g/mol. The second-order valence-corrected chi connectivity index (χ2v) is 5.94. The SMILES string of the molecule is COc1ccc([C@H]2C3=C(CCCC3=O)O[C@H](N)[C@@H]2C#N)cc1OC. The highest BCUT2D eigenvalue weighted by atomic mass is 16.5. The van der Waals surface area contributed by atoms with E-state index >= 15 is 0 Å². The smallest absolute Gasteiger partial charge is 0.164 e. The molecular formula is C18H20N2O4. The molecule has 126 valence electrons. The molecule has 1 aromatic rings. The third kappa shape index (κ3) is 2.61. The second kappa shape index (κ2) is 6.54. The lowest BCUT2D eigenvalue weighted by Gasteiger charge is -2.37. The van der Waals surface area contributed by atoms with Crippen LogP contribution in [0.5, 0.6) is 11.5 Å². The molecule has 6 nitrogen and oxygen atoms in total. The van der Waals surface area contributed by atoms with E-state index in [1.54, 1.807) is 26.4 Å². The van der Waals surface area contributed by atoms with Gasteiger partial charge in [-0.05, 0) is 24.1 Å². The molecule has 0 bridgehead atoms. The normalized spacial score (nSPS) is 26.2. The zero-order valence-corrected chi connectivity index (χ0v) is 13.7. The zero-order valence-electron chi connectivity index (χ0n) is 13.7. The quantitative estimate of drug-likeness (QED) is 0.914. The van der Waals surface area contributed by atoms with Crippen molar-refractivity contribution in [2.45, 2.75) is 31.4 Å². The minimum absolute atomic E-state index is 0.0307. The van der Waals surface area contributed by atoms with Crippen LogP contribution in [0.15, 0.2) is 29.5 Å². The summed E-state index contributed by atoms with van der Waals surface area (Å²) in [5.41, 5.74) is 7.44. The number of rotatable bonds is 3. The van der Waals surface area contributed by atoms with Gasteiger partial charge in [0.15, 0.2) is 23.5 Å². The largest absolute Gasteiger partial charge is 0.493 e. The Kier molecular flexibility index (Phi) is 4.45. The number of hydrogen-bond acceptors (Lipinski definition) is 6. The minimum Gasteiger partial charge on any atom is -0.493 e. The summed E-state index contributed by atoms with van der Waals surface area (Å²) in [6.45, 7) is 0. The van der Waals surface area contributed by atoms with E-state index in [0.29, 0.717) is 35.7 Å². The van der Waals surface area contributed by atoms with Crippen LogP contribution in [0.25, 0.3) is 0 Å². The molecule has 0 aromatic heterocycles. The molecule has 0 saturated carbocycles. The fourth-order valence-corrected chi connectivity index (χ4v) is 3.48. The molecule has 0 spiro atoms. The molecular weight excluding hydrogens is 308 g/mol. The summed E-state index contributed by atoms with van der Waals surface area (Å²) in [5.74, 6) is 0.755. The Morgan fingerprint density at radius 2 is 2.00 bits per heavy atom. The van der Waals surface area contributed by atoms with Crippen molar-refractivity contribution in [2.24, 2.45) is 11.7 Å². The van der Waals surface area contributed by atoms with Gasteiger partial charge in [-0.3, -0.25) is 10.5 Å². The lowest BCUT2D eigenvalue weighted by Crippen LogP contribution is -2.42. The Labute approximate surface area is 140 Å². The van der Waals surface area contributed by atoms with Crippen molar-refractivity contribution < 1.29 is 19.0 Å². The third-order valence-corrected chi connectivity index (χ3v) is 4.63. The predicted octanol–water partition coefficient (Wildman–Crippen LogP) is 2.25. The van der Waals surface area contributed by atoms with Crippen LogP contribution in [0.4, 0.5) is 0 Å². The Balaban J connectivity index is 2.14. The Bertz CT molecular complexity index is 735. The molecule has 3 atom stereocenters. The summed E-state index contributed by atoms with van der Waals surface area (Å²) in [6.07, 6.45) is 1.15. The molecule has 6 heteroatoms. The van der Waals surface area contributed by atoms with Crippen molar-refractivity contribution in [3.8, 4) is 17.6 Å². The number of ketones is 1. The van der Waals surface area contributed by atoms with Gasteiger partial charge < -0.3 is 14.2 Å². The Morgan fingerprint density at radius 3 is 2.67 bits per heavy atom. The number of nitrogens with zero attached hydrogens (tertiary/aromatic N) is 1. The van der Waals surface area contributed by atoms with Crippen molar-refractivity contribution in [3.05, 3.63) is 35.1 Å². The van der Waals surface area contributed by atoms with E-state index in [0.717, 1.165) is 12.0 Å². The Hall–Kier alpha value is -2.52. The number of nitriles is 1. The zero-order chi connectivity index (χ0) is 17.3. The number of methoxy groups -OCH3 is 2. The van der Waals surface area contributed by atoms with Gasteiger partial charge >= 0.3 is 0 Å². The number of carbonyl (C=O) groups excluding carboxylic acids is 1. The molecule has 1 aromatic carbocycles. The summed E-state index contributed by atoms with van der Waals surface area (Å²) in [6, 6.07) is 7.64. The van der Waals surface area contributed by atoms with Crippen molar-refractivity contribution >= 4 is 5.78 Å². The van der Waals surface area contributed by atoms with E-state index in [4.69, 9.17) is 19.9 Å². The van der Waals surface area contributed by atoms with E-state index in [-0.39, 0.29) is 5.78 Å². The number of benzene rings is 1. The lowest BCUT2D eigenvalue weighted by atomic mass is 9.73. The molecule has 0 unspecified atom stereocenters. The standard InChI is InChI=1S/C18H20N2O4/c1-22-13-7-6-10(8-15(13)23-2)16-11(9-19)18(20)24-14-5-3-4-12(21)17(14)16/h6-8,11,16,18H,3-5,20H2,1-2H3/t11-,16-,18+/m1/s1. The lowest BCUT2D eigenvalue weighted by molar-refractivity contribution is -0.117. The maximum Gasteiger partial charge on any atom is 0.164 e. The van der Waals surface area contributed by atoms with Crippen LogP contribution in [0, 0.1) is 17.2 Å². The van der Waals surface area contributed by atoms with Gasteiger partial charge in [-0.1, -0.05) is 6.07 Å².